The number of hydrogen-bond acceptors (Lipinski definition) is 1. The molecule has 0 bridgehead atoms. The molecule has 2 aromatic rings. The van der Waals surface area contributed by atoms with Crippen LogP contribution in [0.1, 0.15) is 43.2 Å². The molecule has 1 aliphatic carbocycles. The standard InChI is InChI=1S/C19H21ClO/c20-18-7-3-2-6-17(18)19(12-4-1-5-13-19)14-15-8-10-16(21)11-9-15/h2-3,6-11,21H,1,4-5,12-14H2. The van der Waals surface area contributed by atoms with Crippen LogP contribution in [0.15, 0.2) is 48.5 Å². The fourth-order valence-electron chi connectivity index (χ4n) is 3.67. The highest BCUT2D eigenvalue weighted by Crippen LogP contribution is 2.44. The first kappa shape index (κ1) is 14.5. The molecule has 1 aliphatic rings. The van der Waals surface area contributed by atoms with Gasteiger partial charge in [-0.3, -0.25) is 0 Å². The molecule has 1 N–H and O–H groups in total. The van der Waals surface area contributed by atoms with Gasteiger partial charge in [0.1, 0.15) is 5.75 Å². The fraction of sp³-hybridized carbons (Fsp3) is 0.368. The van der Waals surface area contributed by atoms with E-state index in [-0.39, 0.29) is 5.41 Å². The third-order valence-electron chi connectivity index (χ3n) is 4.73. The largest absolute Gasteiger partial charge is 0.508 e. The summed E-state index contributed by atoms with van der Waals surface area (Å²) >= 11 is 6.50. The van der Waals surface area contributed by atoms with Crippen molar-refractivity contribution in [3.05, 3.63) is 64.7 Å². The van der Waals surface area contributed by atoms with Gasteiger partial charge in [-0.15, -0.1) is 0 Å². The lowest BCUT2D eigenvalue weighted by molar-refractivity contribution is 0.290. The monoisotopic (exact) mass is 300 g/mol. The summed E-state index contributed by atoms with van der Waals surface area (Å²) in [5, 5.41) is 10.4. The van der Waals surface area contributed by atoms with Gasteiger partial charge in [-0.2, -0.15) is 0 Å². The molecule has 21 heavy (non-hydrogen) atoms. The summed E-state index contributed by atoms with van der Waals surface area (Å²) in [6.07, 6.45) is 7.24. The van der Waals surface area contributed by atoms with Crippen molar-refractivity contribution in [2.24, 2.45) is 0 Å². The van der Waals surface area contributed by atoms with Crippen LogP contribution in [0, 0.1) is 0 Å². The van der Waals surface area contributed by atoms with Gasteiger partial charge in [0.05, 0.1) is 0 Å². The first-order valence-corrected chi connectivity index (χ1v) is 8.10. The lowest BCUT2D eigenvalue weighted by Gasteiger charge is -2.39. The third kappa shape index (κ3) is 3.08. The van der Waals surface area contributed by atoms with E-state index in [2.05, 4.69) is 12.1 Å². The lowest BCUT2D eigenvalue weighted by atomic mass is 9.66. The van der Waals surface area contributed by atoms with E-state index in [4.69, 9.17) is 11.6 Å². The summed E-state index contributed by atoms with van der Waals surface area (Å²) in [6, 6.07) is 15.9. The number of benzene rings is 2. The predicted octanol–water partition coefficient (Wildman–Crippen LogP) is 5.49. The van der Waals surface area contributed by atoms with E-state index < -0.39 is 0 Å². The van der Waals surface area contributed by atoms with Crippen LogP contribution in [0.4, 0.5) is 0 Å². The minimum absolute atomic E-state index is 0.146. The molecule has 0 spiro atoms. The number of halogens is 1. The molecular weight excluding hydrogens is 280 g/mol. The molecular formula is C19H21ClO. The van der Waals surface area contributed by atoms with Gasteiger partial charge in [0.25, 0.3) is 0 Å². The second-order valence-electron chi connectivity index (χ2n) is 6.16. The highest BCUT2D eigenvalue weighted by molar-refractivity contribution is 6.31. The Kier molecular flexibility index (Phi) is 4.21. The molecule has 0 heterocycles. The van der Waals surface area contributed by atoms with Crippen molar-refractivity contribution in [2.45, 2.75) is 43.9 Å². The Morgan fingerprint density at radius 1 is 0.905 bits per heavy atom. The Balaban J connectivity index is 1.97. The zero-order valence-electron chi connectivity index (χ0n) is 12.2. The number of rotatable bonds is 3. The summed E-state index contributed by atoms with van der Waals surface area (Å²) in [4.78, 5) is 0. The van der Waals surface area contributed by atoms with Crippen molar-refractivity contribution < 1.29 is 5.11 Å². The summed E-state index contributed by atoms with van der Waals surface area (Å²) in [5.74, 6) is 0.328. The molecule has 1 nitrogen and oxygen atoms in total. The Bertz CT molecular complexity index is 597. The van der Waals surface area contributed by atoms with Crippen LogP contribution in [0.5, 0.6) is 5.75 Å². The van der Waals surface area contributed by atoms with Crippen LogP contribution in [-0.4, -0.2) is 5.11 Å². The zero-order chi connectivity index (χ0) is 14.7. The number of phenolic OH excluding ortho intramolecular Hbond substituents is 1. The second-order valence-corrected chi connectivity index (χ2v) is 6.57. The van der Waals surface area contributed by atoms with Crippen LogP contribution in [0.3, 0.4) is 0 Å². The Morgan fingerprint density at radius 2 is 1.57 bits per heavy atom. The molecule has 0 aromatic heterocycles. The smallest absolute Gasteiger partial charge is 0.115 e. The molecule has 0 unspecified atom stereocenters. The molecule has 0 aliphatic heterocycles. The summed E-state index contributed by atoms with van der Waals surface area (Å²) < 4.78 is 0. The van der Waals surface area contributed by atoms with Gasteiger partial charge in [-0.05, 0) is 48.6 Å². The van der Waals surface area contributed by atoms with Gasteiger partial charge in [0, 0.05) is 10.4 Å². The number of hydrogen-bond donors (Lipinski definition) is 1. The van der Waals surface area contributed by atoms with E-state index in [0.29, 0.717) is 5.75 Å². The highest BCUT2D eigenvalue weighted by atomic mass is 35.5. The minimum Gasteiger partial charge on any atom is -0.508 e. The normalized spacial score (nSPS) is 17.6. The van der Waals surface area contributed by atoms with Crippen molar-refractivity contribution in [2.75, 3.05) is 0 Å². The summed E-state index contributed by atoms with van der Waals surface area (Å²) in [5.41, 5.74) is 2.71. The molecule has 0 atom stereocenters. The third-order valence-corrected chi connectivity index (χ3v) is 5.06. The molecule has 0 amide bonds. The predicted molar refractivity (Wildman–Crippen MR) is 88.0 cm³/mol. The summed E-state index contributed by atoms with van der Waals surface area (Å²) in [7, 11) is 0. The average molecular weight is 301 g/mol. The average Bonchev–Trinajstić information content (AvgIpc) is 2.51. The Labute approximate surface area is 131 Å². The topological polar surface area (TPSA) is 20.2 Å². The Morgan fingerprint density at radius 3 is 2.24 bits per heavy atom. The molecule has 0 radical (unpaired) electrons. The lowest BCUT2D eigenvalue weighted by Crippen LogP contribution is -2.32. The molecule has 1 fully saturated rings. The number of aromatic hydroxyl groups is 1. The minimum atomic E-state index is 0.146. The van der Waals surface area contributed by atoms with Gasteiger partial charge < -0.3 is 5.11 Å². The Hall–Kier alpha value is -1.47. The first-order valence-electron chi connectivity index (χ1n) is 7.73. The zero-order valence-corrected chi connectivity index (χ0v) is 12.9. The van der Waals surface area contributed by atoms with Gasteiger partial charge in [0.15, 0.2) is 0 Å². The van der Waals surface area contributed by atoms with Crippen molar-refractivity contribution in [3.63, 3.8) is 0 Å². The van der Waals surface area contributed by atoms with E-state index in [0.717, 1.165) is 11.4 Å². The van der Waals surface area contributed by atoms with E-state index in [9.17, 15) is 5.11 Å². The molecule has 0 saturated heterocycles. The van der Waals surface area contributed by atoms with Gasteiger partial charge in [-0.25, -0.2) is 0 Å². The van der Waals surface area contributed by atoms with E-state index in [1.807, 2.05) is 24.3 Å². The maximum Gasteiger partial charge on any atom is 0.115 e. The highest BCUT2D eigenvalue weighted by Gasteiger charge is 2.35. The van der Waals surface area contributed by atoms with Crippen LogP contribution < -0.4 is 0 Å². The first-order chi connectivity index (χ1) is 10.2. The molecule has 3 rings (SSSR count). The van der Waals surface area contributed by atoms with Gasteiger partial charge in [-0.1, -0.05) is 61.2 Å². The second kappa shape index (κ2) is 6.11. The molecule has 1 saturated carbocycles. The van der Waals surface area contributed by atoms with Crippen molar-refractivity contribution in [1.82, 2.24) is 0 Å². The SMILES string of the molecule is Oc1ccc(CC2(c3ccccc3Cl)CCCCC2)cc1. The van der Waals surface area contributed by atoms with Crippen LogP contribution in [0.2, 0.25) is 5.02 Å². The number of phenols is 1. The van der Waals surface area contributed by atoms with E-state index in [1.165, 1.54) is 43.2 Å². The quantitative estimate of drug-likeness (QED) is 0.794. The summed E-state index contributed by atoms with van der Waals surface area (Å²) in [6.45, 7) is 0. The van der Waals surface area contributed by atoms with Crippen LogP contribution in [0.25, 0.3) is 0 Å². The fourth-order valence-corrected chi connectivity index (χ4v) is 4.00. The van der Waals surface area contributed by atoms with Gasteiger partial charge >= 0.3 is 0 Å². The van der Waals surface area contributed by atoms with Gasteiger partial charge in [0.2, 0.25) is 0 Å². The molecule has 110 valence electrons. The van der Waals surface area contributed by atoms with E-state index >= 15 is 0 Å². The van der Waals surface area contributed by atoms with Crippen molar-refractivity contribution >= 4 is 11.6 Å². The van der Waals surface area contributed by atoms with Crippen molar-refractivity contribution in [3.8, 4) is 5.75 Å². The maximum atomic E-state index is 9.47. The molecule has 2 aromatic carbocycles. The van der Waals surface area contributed by atoms with Crippen LogP contribution in [-0.2, 0) is 11.8 Å². The maximum absolute atomic E-state index is 9.47. The van der Waals surface area contributed by atoms with Crippen LogP contribution >= 0.6 is 11.6 Å². The molecule has 2 heteroatoms. The van der Waals surface area contributed by atoms with Crippen molar-refractivity contribution in [1.29, 1.82) is 0 Å². The van der Waals surface area contributed by atoms with E-state index in [1.54, 1.807) is 12.1 Å².